The van der Waals surface area contributed by atoms with Crippen molar-refractivity contribution in [2.75, 3.05) is 0 Å². The van der Waals surface area contributed by atoms with Crippen LogP contribution in [0.15, 0.2) is 18.5 Å². The smallest absolute Gasteiger partial charge is 0.308 e. The Morgan fingerprint density at radius 3 is 2.76 bits per heavy atom. The van der Waals surface area contributed by atoms with E-state index in [1.807, 2.05) is 26.8 Å². The normalized spacial score (nSPS) is 12.6. The van der Waals surface area contributed by atoms with Crippen LogP contribution in [0.4, 0.5) is 0 Å². The maximum absolute atomic E-state index is 11.4. The van der Waals surface area contributed by atoms with E-state index in [4.69, 9.17) is 0 Å². The molecule has 2 rings (SSSR count). The van der Waals surface area contributed by atoms with Crippen molar-refractivity contribution in [1.29, 1.82) is 0 Å². The van der Waals surface area contributed by atoms with Crippen molar-refractivity contribution in [1.82, 2.24) is 25.2 Å². The molecule has 1 unspecified atom stereocenters. The van der Waals surface area contributed by atoms with E-state index < -0.39 is 11.9 Å². The molecule has 112 valence electrons. The number of carboxylic acids is 1. The van der Waals surface area contributed by atoms with Gasteiger partial charge in [0, 0.05) is 18.0 Å². The van der Waals surface area contributed by atoms with E-state index in [0.717, 1.165) is 11.1 Å². The standard InChI is InChI=1S/C14H19N5O2/c1-9(2)4-12(14(20)21)8-19-13(16-17-18-19)11-5-10(3)6-15-7-11/h5-7,9,12H,4,8H2,1-3H3,(H,20,21). The molecule has 7 nitrogen and oxygen atoms in total. The predicted molar refractivity (Wildman–Crippen MR) is 76.4 cm³/mol. The molecule has 7 heteroatoms. The molecule has 1 N–H and O–H groups in total. The fraction of sp³-hybridized carbons (Fsp3) is 0.500. The summed E-state index contributed by atoms with van der Waals surface area (Å²) in [6.45, 7) is 6.19. The number of aromatic nitrogens is 5. The second-order valence-corrected chi connectivity index (χ2v) is 5.60. The van der Waals surface area contributed by atoms with Gasteiger partial charge in [0.25, 0.3) is 0 Å². The highest BCUT2D eigenvalue weighted by atomic mass is 16.4. The molecule has 2 aromatic rings. The summed E-state index contributed by atoms with van der Waals surface area (Å²) in [5, 5.41) is 20.9. The van der Waals surface area contributed by atoms with Gasteiger partial charge in [0.15, 0.2) is 5.82 Å². The second-order valence-electron chi connectivity index (χ2n) is 5.60. The molecule has 0 spiro atoms. The van der Waals surface area contributed by atoms with E-state index in [0.29, 0.717) is 18.2 Å². The molecule has 0 bridgehead atoms. The zero-order chi connectivity index (χ0) is 15.4. The molecule has 0 saturated carbocycles. The molecule has 0 aromatic carbocycles. The lowest BCUT2D eigenvalue weighted by Gasteiger charge is -2.15. The van der Waals surface area contributed by atoms with Gasteiger partial charge in [0.1, 0.15) is 0 Å². The first-order valence-electron chi connectivity index (χ1n) is 6.88. The monoisotopic (exact) mass is 289 g/mol. The number of aryl methyl sites for hydroxylation is 1. The lowest BCUT2D eigenvalue weighted by Crippen LogP contribution is -2.23. The summed E-state index contributed by atoms with van der Waals surface area (Å²) in [7, 11) is 0. The first-order valence-corrected chi connectivity index (χ1v) is 6.88. The second kappa shape index (κ2) is 6.43. The highest BCUT2D eigenvalue weighted by molar-refractivity contribution is 5.70. The van der Waals surface area contributed by atoms with Gasteiger partial charge in [-0.15, -0.1) is 5.10 Å². The van der Waals surface area contributed by atoms with Crippen molar-refractivity contribution in [3.8, 4) is 11.4 Å². The van der Waals surface area contributed by atoms with Crippen LogP contribution >= 0.6 is 0 Å². The van der Waals surface area contributed by atoms with Gasteiger partial charge in [-0.25, -0.2) is 4.68 Å². The van der Waals surface area contributed by atoms with Crippen molar-refractivity contribution in [2.45, 2.75) is 33.7 Å². The molecule has 0 fully saturated rings. The topological polar surface area (TPSA) is 93.8 Å². The quantitative estimate of drug-likeness (QED) is 0.871. The summed E-state index contributed by atoms with van der Waals surface area (Å²) >= 11 is 0. The maximum atomic E-state index is 11.4. The van der Waals surface area contributed by atoms with Crippen molar-refractivity contribution >= 4 is 5.97 Å². The summed E-state index contributed by atoms with van der Waals surface area (Å²) in [6.07, 6.45) is 4.00. The van der Waals surface area contributed by atoms with E-state index in [1.165, 1.54) is 4.68 Å². The number of tetrazole rings is 1. The molecule has 0 aliphatic heterocycles. The molecule has 0 aliphatic carbocycles. The van der Waals surface area contributed by atoms with Crippen molar-refractivity contribution in [3.05, 3.63) is 24.0 Å². The van der Waals surface area contributed by atoms with Crippen molar-refractivity contribution < 1.29 is 9.90 Å². The highest BCUT2D eigenvalue weighted by Crippen LogP contribution is 2.19. The van der Waals surface area contributed by atoms with Crippen LogP contribution in [-0.2, 0) is 11.3 Å². The van der Waals surface area contributed by atoms with Crippen LogP contribution in [-0.4, -0.2) is 36.3 Å². The lowest BCUT2D eigenvalue weighted by molar-refractivity contribution is -0.142. The van der Waals surface area contributed by atoms with Crippen LogP contribution in [0, 0.1) is 18.8 Å². The van der Waals surface area contributed by atoms with Crippen molar-refractivity contribution in [2.24, 2.45) is 11.8 Å². The minimum Gasteiger partial charge on any atom is -0.481 e. The third kappa shape index (κ3) is 3.84. The molecule has 0 saturated heterocycles. The SMILES string of the molecule is Cc1cncc(-c2nnnn2CC(CC(C)C)C(=O)O)c1. The zero-order valence-electron chi connectivity index (χ0n) is 12.4. The molecule has 0 radical (unpaired) electrons. The Kier molecular flexibility index (Phi) is 4.62. The Morgan fingerprint density at radius 2 is 2.14 bits per heavy atom. The van der Waals surface area contributed by atoms with Gasteiger partial charge in [-0.3, -0.25) is 9.78 Å². The van der Waals surface area contributed by atoms with Gasteiger partial charge in [0.05, 0.1) is 12.5 Å². The average molecular weight is 289 g/mol. The van der Waals surface area contributed by atoms with E-state index in [-0.39, 0.29) is 6.54 Å². The first kappa shape index (κ1) is 15.1. The number of pyridine rings is 1. The van der Waals surface area contributed by atoms with Gasteiger partial charge in [-0.05, 0) is 41.3 Å². The fourth-order valence-corrected chi connectivity index (χ4v) is 2.24. The highest BCUT2D eigenvalue weighted by Gasteiger charge is 2.22. The molecule has 21 heavy (non-hydrogen) atoms. The van der Waals surface area contributed by atoms with Crippen molar-refractivity contribution in [3.63, 3.8) is 0 Å². The minimum atomic E-state index is -0.826. The minimum absolute atomic E-state index is 0.254. The summed E-state index contributed by atoms with van der Waals surface area (Å²) < 4.78 is 1.54. The van der Waals surface area contributed by atoms with E-state index >= 15 is 0 Å². The van der Waals surface area contributed by atoms with Crippen LogP contribution in [0.5, 0.6) is 0 Å². The largest absolute Gasteiger partial charge is 0.481 e. The summed E-state index contributed by atoms with van der Waals surface area (Å²) in [4.78, 5) is 15.5. The molecule has 2 heterocycles. The summed E-state index contributed by atoms with van der Waals surface area (Å²) in [5.41, 5.74) is 1.78. The number of aliphatic carboxylic acids is 1. The van der Waals surface area contributed by atoms with Crippen LogP contribution < -0.4 is 0 Å². The van der Waals surface area contributed by atoms with Gasteiger partial charge in [-0.2, -0.15) is 0 Å². The number of nitrogens with zero attached hydrogens (tertiary/aromatic N) is 5. The fourth-order valence-electron chi connectivity index (χ4n) is 2.24. The van der Waals surface area contributed by atoms with Crippen LogP contribution in [0.25, 0.3) is 11.4 Å². The number of hydrogen-bond donors (Lipinski definition) is 1. The number of hydrogen-bond acceptors (Lipinski definition) is 5. The van der Waals surface area contributed by atoms with Gasteiger partial charge in [0.2, 0.25) is 0 Å². The predicted octanol–water partition coefficient (Wildman–Crippen LogP) is 1.79. The summed E-state index contributed by atoms with van der Waals surface area (Å²) in [5.74, 6) is -0.495. The number of carbonyl (C=O) groups is 1. The Labute approximate surface area is 123 Å². The number of rotatable bonds is 6. The maximum Gasteiger partial charge on any atom is 0.308 e. The Hall–Kier alpha value is -2.31. The van der Waals surface area contributed by atoms with Gasteiger partial charge in [-0.1, -0.05) is 13.8 Å². The first-order chi connectivity index (χ1) is 9.97. The summed E-state index contributed by atoms with van der Waals surface area (Å²) in [6, 6.07) is 1.92. The van der Waals surface area contributed by atoms with Crippen LogP contribution in [0.2, 0.25) is 0 Å². The Bertz CT molecular complexity index is 623. The third-order valence-electron chi connectivity index (χ3n) is 3.16. The van der Waals surface area contributed by atoms with Crippen LogP contribution in [0.3, 0.4) is 0 Å². The Balaban J connectivity index is 2.25. The van der Waals surface area contributed by atoms with Crippen LogP contribution in [0.1, 0.15) is 25.8 Å². The van der Waals surface area contributed by atoms with E-state index in [1.54, 1.807) is 12.4 Å². The molecular formula is C14H19N5O2. The van der Waals surface area contributed by atoms with Gasteiger partial charge >= 0.3 is 5.97 Å². The molecule has 0 amide bonds. The molecular weight excluding hydrogens is 270 g/mol. The Morgan fingerprint density at radius 1 is 1.38 bits per heavy atom. The van der Waals surface area contributed by atoms with E-state index in [2.05, 4.69) is 20.5 Å². The zero-order valence-corrected chi connectivity index (χ0v) is 12.4. The number of carboxylic acid groups (broad SMARTS) is 1. The third-order valence-corrected chi connectivity index (χ3v) is 3.16. The van der Waals surface area contributed by atoms with Gasteiger partial charge < -0.3 is 5.11 Å². The molecule has 2 aromatic heterocycles. The molecule has 1 atom stereocenters. The average Bonchev–Trinajstić information content (AvgIpc) is 2.85. The molecule has 0 aliphatic rings. The lowest BCUT2D eigenvalue weighted by atomic mass is 9.97. The van der Waals surface area contributed by atoms with E-state index in [9.17, 15) is 9.90 Å².